The van der Waals surface area contributed by atoms with Crippen LogP contribution in [-0.2, 0) is 6.42 Å². The summed E-state index contributed by atoms with van der Waals surface area (Å²) in [6, 6.07) is 8.19. The molecule has 6 heteroatoms. The predicted molar refractivity (Wildman–Crippen MR) is 126 cm³/mol. The van der Waals surface area contributed by atoms with E-state index in [-0.39, 0.29) is 0 Å². The Morgan fingerprint density at radius 3 is 2.34 bits per heavy atom. The molecule has 0 spiro atoms. The summed E-state index contributed by atoms with van der Waals surface area (Å²) in [6.07, 6.45) is 1.49. The Labute approximate surface area is 185 Å². The van der Waals surface area contributed by atoms with Crippen LogP contribution in [0.2, 0.25) is 0 Å². The van der Waals surface area contributed by atoms with E-state index in [2.05, 4.69) is 28.7 Å². The van der Waals surface area contributed by atoms with E-state index in [1.54, 1.807) is 0 Å². The van der Waals surface area contributed by atoms with Crippen molar-refractivity contribution in [2.24, 2.45) is 0 Å². The van der Waals surface area contributed by atoms with E-state index >= 15 is 8.63 Å². The summed E-state index contributed by atoms with van der Waals surface area (Å²) < 4.78 is 36.0. The molecule has 0 atom stereocenters. The van der Waals surface area contributed by atoms with Gasteiger partial charge in [-0.2, -0.15) is 0 Å². The van der Waals surface area contributed by atoms with Crippen LogP contribution in [-0.4, -0.2) is 21.6 Å². The van der Waals surface area contributed by atoms with Crippen LogP contribution in [0.4, 0.5) is 8.63 Å². The van der Waals surface area contributed by atoms with Crippen LogP contribution >= 0.6 is 22.6 Å². The molecule has 1 aromatic heterocycles. The maximum absolute atomic E-state index is 16.1. The molecule has 0 saturated heterocycles. The summed E-state index contributed by atoms with van der Waals surface area (Å²) in [7, 11) is 0. The van der Waals surface area contributed by atoms with Crippen molar-refractivity contribution in [2.45, 2.75) is 54.4 Å². The standard InChI is InChI=1S/C23H26BF2IN2/c1-7-19-13(3)22-21(17-10-9-11-18(27)12-17)23-14(4)20(8-2)16(6)29(23)24(25,26)28(22)15(19)5/h9-12H,7-8H2,1-6H3. The van der Waals surface area contributed by atoms with Crippen LogP contribution in [0.25, 0.3) is 5.57 Å². The number of aromatic nitrogens is 1. The van der Waals surface area contributed by atoms with Gasteiger partial charge < -0.3 is 17.6 Å². The third kappa shape index (κ3) is 2.67. The lowest BCUT2D eigenvalue weighted by Crippen LogP contribution is -2.51. The van der Waals surface area contributed by atoms with Gasteiger partial charge in [0.05, 0.1) is 5.57 Å². The van der Waals surface area contributed by atoms with Crippen LogP contribution in [0.15, 0.2) is 41.1 Å². The smallest absolute Gasteiger partial charge is 0.393 e. The number of rotatable bonds is 3. The quantitative estimate of drug-likeness (QED) is 0.333. The molecule has 3 heterocycles. The fourth-order valence-electron chi connectivity index (χ4n) is 5.40. The topological polar surface area (TPSA) is 7.94 Å². The Morgan fingerprint density at radius 1 is 1.07 bits per heavy atom. The Morgan fingerprint density at radius 2 is 1.76 bits per heavy atom. The second kappa shape index (κ2) is 6.93. The lowest BCUT2D eigenvalue weighted by molar-refractivity contribution is -0.363. The maximum Gasteiger partial charge on any atom is 0.737 e. The SMILES string of the molecule is CCC1=C(C)C2=C(c3cccc(I)c3)c3c(C)c(CC)c(C)n3[B-](F)(F)[N+]2=C1C. The van der Waals surface area contributed by atoms with Gasteiger partial charge in [-0.25, -0.2) is 0 Å². The number of fused-ring (bicyclic) bond motifs is 2. The highest BCUT2D eigenvalue weighted by molar-refractivity contribution is 14.1. The number of benzene rings is 1. The molecule has 1 aromatic carbocycles. The first kappa shape index (κ1) is 20.6. The van der Waals surface area contributed by atoms with E-state index in [4.69, 9.17) is 0 Å². The largest absolute Gasteiger partial charge is 0.737 e. The molecule has 0 radical (unpaired) electrons. The lowest BCUT2D eigenvalue weighted by Gasteiger charge is -2.34. The fraction of sp³-hybridized carbons (Fsp3) is 0.348. The molecule has 0 unspecified atom stereocenters. The molecular formula is C23H26BF2IN2. The maximum atomic E-state index is 16.1. The number of allylic oxidation sites excluding steroid dienone is 2. The van der Waals surface area contributed by atoms with Crippen LogP contribution in [0.5, 0.6) is 0 Å². The molecule has 0 bridgehead atoms. The summed E-state index contributed by atoms with van der Waals surface area (Å²) >= 11 is 2.29. The van der Waals surface area contributed by atoms with Gasteiger partial charge in [0.1, 0.15) is 5.71 Å². The average Bonchev–Trinajstić information content (AvgIpc) is 3.07. The minimum atomic E-state index is -3.95. The molecular weight excluding hydrogens is 480 g/mol. The molecule has 2 aromatic rings. The Bertz CT molecular complexity index is 1150. The van der Waals surface area contributed by atoms with E-state index in [9.17, 15) is 0 Å². The van der Waals surface area contributed by atoms with Gasteiger partial charge in [0.25, 0.3) is 0 Å². The fourth-order valence-corrected chi connectivity index (χ4v) is 5.94. The van der Waals surface area contributed by atoms with Crippen LogP contribution in [0.1, 0.15) is 62.2 Å². The number of nitrogens with zero attached hydrogens (tertiary/aromatic N) is 2. The molecule has 0 N–H and O–H groups in total. The molecule has 2 aliphatic heterocycles. The third-order valence-corrected chi connectivity index (χ3v) is 7.28. The summed E-state index contributed by atoms with van der Waals surface area (Å²) in [6.45, 7) is 7.82. The van der Waals surface area contributed by atoms with Gasteiger partial charge in [-0.15, -0.1) is 0 Å². The van der Waals surface area contributed by atoms with Crippen LogP contribution in [0, 0.1) is 17.4 Å². The van der Waals surface area contributed by atoms with Crippen molar-refractivity contribution < 1.29 is 13.1 Å². The highest BCUT2D eigenvalue weighted by atomic mass is 127. The zero-order chi connectivity index (χ0) is 21.2. The highest BCUT2D eigenvalue weighted by Gasteiger charge is 2.56. The Balaban J connectivity index is 2.24. The number of hydrogen-bond donors (Lipinski definition) is 0. The van der Waals surface area contributed by atoms with Gasteiger partial charge in [-0.05, 0) is 90.7 Å². The molecule has 0 amide bonds. The molecule has 29 heavy (non-hydrogen) atoms. The van der Waals surface area contributed by atoms with Gasteiger partial charge in [0.2, 0.25) is 0 Å². The van der Waals surface area contributed by atoms with Gasteiger partial charge in [0, 0.05) is 27.3 Å². The van der Waals surface area contributed by atoms with Crippen molar-refractivity contribution in [3.05, 3.63) is 72.8 Å². The van der Waals surface area contributed by atoms with Gasteiger partial charge in [-0.3, -0.25) is 0 Å². The van der Waals surface area contributed by atoms with Crippen molar-refractivity contribution in [1.29, 1.82) is 0 Å². The van der Waals surface area contributed by atoms with Crippen molar-refractivity contribution in [3.8, 4) is 0 Å². The van der Waals surface area contributed by atoms with E-state index in [0.29, 0.717) is 22.8 Å². The highest BCUT2D eigenvalue weighted by Crippen LogP contribution is 2.47. The third-order valence-electron chi connectivity index (χ3n) is 6.61. The van der Waals surface area contributed by atoms with Crippen molar-refractivity contribution in [3.63, 3.8) is 0 Å². The molecule has 0 fully saturated rings. The monoisotopic (exact) mass is 506 g/mol. The predicted octanol–water partition coefficient (Wildman–Crippen LogP) is 6.48. The lowest BCUT2D eigenvalue weighted by atomic mass is 9.83. The first-order valence-electron chi connectivity index (χ1n) is 10.2. The zero-order valence-electron chi connectivity index (χ0n) is 17.8. The molecule has 2 aliphatic rings. The minimum Gasteiger partial charge on any atom is -0.393 e. The van der Waals surface area contributed by atoms with Crippen molar-refractivity contribution in [1.82, 2.24) is 4.48 Å². The Hall–Kier alpha value is -1.70. The zero-order valence-corrected chi connectivity index (χ0v) is 20.0. The van der Waals surface area contributed by atoms with Crippen LogP contribution < -0.4 is 0 Å². The van der Waals surface area contributed by atoms with Crippen LogP contribution in [0.3, 0.4) is 0 Å². The molecule has 2 nitrogen and oxygen atoms in total. The molecule has 0 aliphatic carbocycles. The average molecular weight is 506 g/mol. The van der Waals surface area contributed by atoms with Crippen molar-refractivity contribution >= 4 is 40.8 Å². The minimum absolute atomic E-state index is 0.683. The number of halogens is 3. The summed E-state index contributed by atoms with van der Waals surface area (Å²) in [4.78, 5) is 0. The first-order valence-corrected chi connectivity index (χ1v) is 11.3. The summed E-state index contributed by atoms with van der Waals surface area (Å²) in [5, 5.41) is 0. The van der Waals surface area contributed by atoms with E-state index < -0.39 is 6.97 Å². The second-order valence-corrected chi connectivity index (χ2v) is 9.24. The molecule has 0 saturated carbocycles. The number of hydrogen-bond acceptors (Lipinski definition) is 0. The van der Waals surface area contributed by atoms with E-state index in [0.717, 1.165) is 49.8 Å². The Kier molecular flexibility index (Phi) is 4.92. The van der Waals surface area contributed by atoms with E-state index in [1.165, 1.54) is 8.96 Å². The molecule has 152 valence electrons. The molecule has 4 rings (SSSR count). The van der Waals surface area contributed by atoms with Gasteiger partial charge >= 0.3 is 6.97 Å². The van der Waals surface area contributed by atoms with E-state index in [1.807, 2.05) is 59.7 Å². The normalized spacial score (nSPS) is 18.0. The van der Waals surface area contributed by atoms with Gasteiger partial charge in [-0.1, -0.05) is 26.0 Å². The summed E-state index contributed by atoms with van der Waals surface area (Å²) in [5.74, 6) is 0. The summed E-state index contributed by atoms with van der Waals surface area (Å²) in [5.41, 5.74) is 8.66. The van der Waals surface area contributed by atoms with Crippen molar-refractivity contribution in [2.75, 3.05) is 0 Å². The van der Waals surface area contributed by atoms with Gasteiger partial charge in [0.15, 0.2) is 5.70 Å². The first-order chi connectivity index (χ1) is 13.7. The second-order valence-electron chi connectivity index (χ2n) is 8.00.